The number of halogens is 2. The molecule has 0 aromatic heterocycles. The van der Waals surface area contributed by atoms with E-state index >= 15 is 0 Å². The van der Waals surface area contributed by atoms with Crippen molar-refractivity contribution in [2.45, 2.75) is 12.8 Å². The SMILES string of the molecule is O=C1[C@@H]2[C@@H](C(=O)N1c1cc(Cl)ccc1Cl)[C@H]1C=C[C@H]2C12CC2. The van der Waals surface area contributed by atoms with Crippen LogP contribution in [0.15, 0.2) is 30.4 Å². The Morgan fingerprint density at radius 1 is 1.00 bits per heavy atom. The molecule has 1 aliphatic heterocycles. The van der Waals surface area contributed by atoms with Crippen LogP contribution in [-0.4, -0.2) is 11.8 Å². The lowest BCUT2D eigenvalue weighted by Gasteiger charge is -2.22. The average Bonchev–Trinajstić information content (AvgIpc) is 3.08. The quantitative estimate of drug-likeness (QED) is 0.580. The van der Waals surface area contributed by atoms with Crippen LogP contribution >= 0.6 is 23.2 Å². The van der Waals surface area contributed by atoms with Crippen molar-refractivity contribution in [2.75, 3.05) is 4.90 Å². The molecule has 2 amide bonds. The van der Waals surface area contributed by atoms with Crippen LogP contribution in [0.3, 0.4) is 0 Å². The molecule has 112 valence electrons. The smallest absolute Gasteiger partial charge is 0.238 e. The van der Waals surface area contributed by atoms with Crippen LogP contribution in [-0.2, 0) is 9.59 Å². The average molecular weight is 334 g/mol. The van der Waals surface area contributed by atoms with Gasteiger partial charge in [0.2, 0.25) is 11.8 Å². The molecule has 4 aliphatic rings. The fourth-order valence-corrected chi connectivity index (χ4v) is 5.34. The van der Waals surface area contributed by atoms with Gasteiger partial charge in [-0.1, -0.05) is 35.4 Å². The molecular formula is C17H13Cl2NO2. The van der Waals surface area contributed by atoms with E-state index in [0.29, 0.717) is 15.7 Å². The molecule has 4 atom stereocenters. The highest BCUT2D eigenvalue weighted by Gasteiger charge is 2.73. The molecule has 3 nitrogen and oxygen atoms in total. The standard InChI is InChI=1S/C17H13Cl2NO2/c18-8-1-4-11(19)12(7-8)20-15(21)13-9-2-3-10(14(13)16(20)22)17(9)5-6-17/h1-4,7,9-10,13-14H,5-6H2/t9-,10-,13+,14+/m1/s1. The lowest BCUT2D eigenvalue weighted by atomic mass is 9.85. The van der Waals surface area contributed by atoms with Gasteiger partial charge in [0.15, 0.2) is 0 Å². The highest BCUT2D eigenvalue weighted by molar-refractivity contribution is 6.37. The number of carbonyl (C=O) groups is 2. The van der Waals surface area contributed by atoms with Crippen molar-refractivity contribution in [3.8, 4) is 0 Å². The number of fused-ring (bicyclic) bond motifs is 3. The number of imide groups is 1. The Morgan fingerprint density at radius 2 is 1.59 bits per heavy atom. The van der Waals surface area contributed by atoms with E-state index in [9.17, 15) is 9.59 Å². The van der Waals surface area contributed by atoms with Crippen LogP contribution in [0.4, 0.5) is 5.69 Å². The van der Waals surface area contributed by atoms with Gasteiger partial charge in [0, 0.05) is 5.02 Å². The van der Waals surface area contributed by atoms with Crippen LogP contribution < -0.4 is 4.90 Å². The Balaban J connectivity index is 1.61. The van der Waals surface area contributed by atoms with Crippen molar-refractivity contribution in [1.29, 1.82) is 0 Å². The van der Waals surface area contributed by atoms with E-state index in [0.717, 1.165) is 12.8 Å². The lowest BCUT2D eigenvalue weighted by molar-refractivity contribution is -0.123. The highest BCUT2D eigenvalue weighted by Crippen LogP contribution is 2.73. The van der Waals surface area contributed by atoms with Gasteiger partial charge >= 0.3 is 0 Å². The number of allylic oxidation sites excluding steroid dienone is 2. The molecule has 2 saturated carbocycles. The van der Waals surface area contributed by atoms with Crippen molar-refractivity contribution in [3.05, 3.63) is 40.4 Å². The molecule has 1 aromatic rings. The van der Waals surface area contributed by atoms with Crippen molar-refractivity contribution in [1.82, 2.24) is 0 Å². The van der Waals surface area contributed by atoms with Gasteiger partial charge < -0.3 is 0 Å². The van der Waals surface area contributed by atoms with Crippen molar-refractivity contribution >= 4 is 40.7 Å². The number of nitrogens with zero attached hydrogens (tertiary/aromatic N) is 1. The van der Waals surface area contributed by atoms with Crippen molar-refractivity contribution in [3.63, 3.8) is 0 Å². The number of hydrogen-bond donors (Lipinski definition) is 0. The molecule has 0 N–H and O–H groups in total. The van der Waals surface area contributed by atoms with Gasteiger partial charge in [0.1, 0.15) is 0 Å². The monoisotopic (exact) mass is 333 g/mol. The minimum Gasteiger partial charge on any atom is -0.274 e. The minimum atomic E-state index is -0.208. The van der Waals surface area contributed by atoms with Crippen LogP contribution in [0, 0.1) is 29.1 Å². The predicted octanol–water partition coefficient (Wildman–Crippen LogP) is 3.70. The first kappa shape index (κ1) is 13.1. The van der Waals surface area contributed by atoms with Gasteiger partial charge in [-0.3, -0.25) is 9.59 Å². The van der Waals surface area contributed by atoms with Crippen LogP contribution in [0.1, 0.15) is 12.8 Å². The van der Waals surface area contributed by atoms with E-state index in [2.05, 4.69) is 12.2 Å². The highest BCUT2D eigenvalue weighted by atomic mass is 35.5. The molecule has 1 saturated heterocycles. The van der Waals surface area contributed by atoms with Crippen LogP contribution in [0.2, 0.25) is 10.0 Å². The topological polar surface area (TPSA) is 37.4 Å². The van der Waals surface area contributed by atoms with Gasteiger partial charge in [-0.05, 0) is 48.3 Å². The zero-order chi connectivity index (χ0) is 15.2. The lowest BCUT2D eigenvalue weighted by Crippen LogP contribution is -2.34. The Labute approximate surface area is 137 Å². The minimum absolute atomic E-state index is 0.109. The van der Waals surface area contributed by atoms with Gasteiger partial charge in [0.05, 0.1) is 22.5 Å². The zero-order valence-electron chi connectivity index (χ0n) is 11.6. The number of carbonyl (C=O) groups excluding carboxylic acids is 2. The summed E-state index contributed by atoms with van der Waals surface area (Å²) in [6, 6.07) is 4.88. The fraction of sp³-hybridized carbons (Fsp3) is 0.412. The van der Waals surface area contributed by atoms with Crippen LogP contribution in [0.25, 0.3) is 0 Å². The summed E-state index contributed by atoms with van der Waals surface area (Å²) in [5, 5.41) is 0.851. The summed E-state index contributed by atoms with van der Waals surface area (Å²) in [5.41, 5.74) is 0.632. The maximum Gasteiger partial charge on any atom is 0.238 e. The van der Waals surface area contributed by atoms with Gasteiger partial charge in [-0.15, -0.1) is 0 Å². The number of hydrogen-bond acceptors (Lipinski definition) is 2. The maximum atomic E-state index is 12.9. The Kier molecular flexibility index (Phi) is 2.36. The first-order valence-electron chi connectivity index (χ1n) is 7.56. The number of rotatable bonds is 1. The molecule has 22 heavy (non-hydrogen) atoms. The second-order valence-corrected chi connectivity index (χ2v) is 7.67. The largest absolute Gasteiger partial charge is 0.274 e. The van der Waals surface area contributed by atoms with Crippen LogP contribution in [0.5, 0.6) is 0 Å². The summed E-state index contributed by atoms with van der Waals surface area (Å²) in [6.45, 7) is 0. The molecule has 0 unspecified atom stereocenters. The third-order valence-corrected chi connectivity index (χ3v) is 6.56. The summed E-state index contributed by atoms with van der Waals surface area (Å²) in [6.07, 6.45) is 6.60. The third kappa shape index (κ3) is 1.35. The van der Waals surface area contributed by atoms with E-state index in [4.69, 9.17) is 23.2 Å². The van der Waals surface area contributed by atoms with E-state index in [1.807, 2.05) is 0 Å². The fourth-order valence-electron chi connectivity index (χ4n) is 4.97. The molecule has 3 aliphatic carbocycles. The molecule has 1 heterocycles. The van der Waals surface area contributed by atoms with Gasteiger partial charge in [-0.2, -0.15) is 0 Å². The number of anilines is 1. The summed E-state index contributed by atoms with van der Waals surface area (Å²) in [7, 11) is 0. The van der Waals surface area contributed by atoms with Crippen molar-refractivity contribution < 1.29 is 9.59 Å². The predicted molar refractivity (Wildman–Crippen MR) is 83.7 cm³/mol. The molecular weight excluding hydrogens is 321 g/mol. The third-order valence-electron chi connectivity index (χ3n) is 6.00. The van der Waals surface area contributed by atoms with E-state index in [-0.39, 0.29) is 40.9 Å². The summed E-state index contributed by atoms with van der Waals surface area (Å²) in [4.78, 5) is 27.1. The number of benzene rings is 1. The van der Waals surface area contributed by atoms with E-state index < -0.39 is 0 Å². The Hall–Kier alpha value is -1.32. The summed E-state index contributed by atoms with van der Waals surface area (Å²) >= 11 is 12.2. The molecule has 3 fully saturated rings. The molecule has 2 bridgehead atoms. The summed E-state index contributed by atoms with van der Waals surface area (Å²) < 4.78 is 0. The normalized spacial score (nSPS) is 36.5. The Morgan fingerprint density at radius 3 is 2.14 bits per heavy atom. The molecule has 1 aromatic carbocycles. The zero-order valence-corrected chi connectivity index (χ0v) is 13.1. The van der Waals surface area contributed by atoms with E-state index in [1.54, 1.807) is 18.2 Å². The first-order chi connectivity index (χ1) is 10.5. The summed E-state index contributed by atoms with van der Waals surface area (Å²) in [5.74, 6) is -0.187. The first-order valence-corrected chi connectivity index (χ1v) is 8.31. The van der Waals surface area contributed by atoms with E-state index in [1.165, 1.54) is 4.90 Å². The molecule has 1 spiro atoms. The Bertz CT molecular complexity index is 734. The molecule has 0 radical (unpaired) electrons. The number of amides is 2. The van der Waals surface area contributed by atoms with Gasteiger partial charge in [-0.25, -0.2) is 4.90 Å². The van der Waals surface area contributed by atoms with Crippen molar-refractivity contribution in [2.24, 2.45) is 29.1 Å². The molecule has 5 rings (SSSR count). The molecule has 5 heteroatoms. The van der Waals surface area contributed by atoms with Gasteiger partial charge in [0.25, 0.3) is 0 Å². The second-order valence-electron chi connectivity index (χ2n) is 6.83. The second kappa shape index (κ2) is 3.95. The maximum absolute atomic E-state index is 12.9.